The lowest BCUT2D eigenvalue weighted by Crippen LogP contribution is -2.49. The lowest BCUT2D eigenvalue weighted by Gasteiger charge is -2.39. The average Bonchev–Trinajstić information content (AvgIpc) is 3.15. The highest BCUT2D eigenvalue weighted by Gasteiger charge is 2.35. The topological polar surface area (TPSA) is 147 Å². The highest BCUT2D eigenvalue weighted by molar-refractivity contribution is 6.08. The van der Waals surface area contributed by atoms with Gasteiger partial charge in [-0.1, -0.05) is 79.9 Å². The van der Waals surface area contributed by atoms with Crippen molar-refractivity contribution in [2.24, 2.45) is 5.10 Å². The number of nitrogens with zero attached hydrogens (tertiary/aromatic N) is 2. The molecule has 0 aromatic heterocycles. The monoisotopic (exact) mass is 696 g/mol. The predicted molar refractivity (Wildman–Crippen MR) is 194 cm³/mol. The van der Waals surface area contributed by atoms with E-state index < -0.39 is 0 Å². The second-order valence-corrected chi connectivity index (χ2v) is 13.1. The summed E-state index contributed by atoms with van der Waals surface area (Å²) in [5.41, 5.74) is 6.52. The first-order valence-corrected chi connectivity index (χ1v) is 18.1. The Morgan fingerprint density at radius 2 is 1.65 bits per heavy atom. The fourth-order valence-corrected chi connectivity index (χ4v) is 6.68. The first kappa shape index (κ1) is 37.2. The van der Waals surface area contributed by atoms with Crippen molar-refractivity contribution in [3.8, 4) is 5.75 Å². The molecular formula is C40H48N4O7. The number of ether oxygens (including phenoxy) is 2. The Hall–Kier alpha value is -5.03. The molecule has 1 aliphatic carbocycles. The van der Waals surface area contributed by atoms with Gasteiger partial charge in [-0.15, -0.1) is 0 Å². The number of hydroxylamine groups is 1. The molecule has 11 nitrogen and oxygen atoms in total. The van der Waals surface area contributed by atoms with E-state index in [4.69, 9.17) is 14.7 Å². The molecule has 1 aliphatic heterocycles. The maximum absolute atomic E-state index is 13.4. The molecule has 0 radical (unpaired) electrons. The smallest absolute Gasteiger partial charge is 0.306 e. The molecule has 3 N–H and O–H groups in total. The van der Waals surface area contributed by atoms with E-state index in [9.17, 15) is 19.2 Å². The van der Waals surface area contributed by atoms with Gasteiger partial charge in [0.05, 0.1) is 18.9 Å². The van der Waals surface area contributed by atoms with Crippen LogP contribution in [0.1, 0.15) is 105 Å². The lowest BCUT2D eigenvalue weighted by molar-refractivity contribution is -0.159. The lowest BCUT2D eigenvalue weighted by atomic mass is 9.90. The highest BCUT2D eigenvalue weighted by Crippen LogP contribution is 2.30. The van der Waals surface area contributed by atoms with Crippen LogP contribution in [0.2, 0.25) is 0 Å². The molecule has 0 saturated heterocycles. The van der Waals surface area contributed by atoms with Gasteiger partial charge in [0, 0.05) is 36.8 Å². The Morgan fingerprint density at radius 3 is 2.45 bits per heavy atom. The summed E-state index contributed by atoms with van der Waals surface area (Å²) in [4.78, 5) is 52.2. The minimum Gasteiger partial charge on any atom is -0.493 e. The first-order chi connectivity index (χ1) is 24.9. The van der Waals surface area contributed by atoms with Crippen molar-refractivity contribution >= 4 is 40.7 Å². The molecule has 0 bridgehead atoms. The zero-order valence-electron chi connectivity index (χ0n) is 29.1. The molecule has 2 aliphatic rings. The Bertz CT molecular complexity index is 1700. The molecule has 3 aromatic rings. The van der Waals surface area contributed by atoms with E-state index in [0.717, 1.165) is 66.8 Å². The summed E-state index contributed by atoms with van der Waals surface area (Å²) < 4.78 is 11.9. The van der Waals surface area contributed by atoms with Crippen LogP contribution in [0.4, 0.5) is 0 Å². The third-order valence-electron chi connectivity index (χ3n) is 9.40. The van der Waals surface area contributed by atoms with Gasteiger partial charge in [-0.2, -0.15) is 5.10 Å². The number of allylic oxidation sites excluding steroid dienone is 2. The highest BCUT2D eigenvalue weighted by atomic mass is 16.5. The van der Waals surface area contributed by atoms with Gasteiger partial charge in [0.15, 0.2) is 0 Å². The summed E-state index contributed by atoms with van der Waals surface area (Å²) in [6, 6.07) is 18.7. The summed E-state index contributed by atoms with van der Waals surface area (Å²) in [7, 11) is 0. The predicted octanol–water partition coefficient (Wildman–Crippen LogP) is 6.75. The van der Waals surface area contributed by atoms with Gasteiger partial charge in [0.25, 0.3) is 5.91 Å². The molecule has 1 fully saturated rings. The number of benzene rings is 3. The van der Waals surface area contributed by atoms with Gasteiger partial charge in [-0.25, -0.2) is 10.9 Å². The minimum absolute atomic E-state index is 0.0627. The Kier molecular flexibility index (Phi) is 14.2. The maximum atomic E-state index is 13.4. The van der Waals surface area contributed by atoms with Crippen molar-refractivity contribution in [3.63, 3.8) is 0 Å². The van der Waals surface area contributed by atoms with Crippen LogP contribution in [0.15, 0.2) is 77.9 Å². The Morgan fingerprint density at radius 1 is 0.902 bits per heavy atom. The van der Waals surface area contributed by atoms with Crippen LogP contribution >= 0.6 is 0 Å². The standard InChI is InChI=1S/C40H48N4O7/c45-37(43-49)17-5-3-4-12-26-50-35-25-24-33(31-13-8-9-14-32(31)35)40(48)42-41-27-29-20-22-30(23-21-29)28-44-34-15-10-11-16-36(34)51-39(47)19-7-2-1-6-18-38(44)46/h1-2,8-9,13-14,20-25,27,34,36,49H,3-7,10-12,15-19,26,28H2,(H,42,48)(H,43,45)/b2-1+,41-27+/t34-,36-/m1/s1. The van der Waals surface area contributed by atoms with E-state index >= 15 is 0 Å². The molecular weight excluding hydrogens is 648 g/mol. The number of hydrogen-bond donors (Lipinski definition) is 3. The van der Waals surface area contributed by atoms with E-state index in [2.05, 4.69) is 10.5 Å². The zero-order valence-corrected chi connectivity index (χ0v) is 29.1. The minimum atomic E-state index is -0.375. The van der Waals surface area contributed by atoms with Gasteiger partial charge < -0.3 is 14.4 Å². The molecule has 0 unspecified atom stereocenters. The normalized spacial score (nSPS) is 19.0. The number of nitrogens with one attached hydrogen (secondary N) is 2. The molecule has 3 amide bonds. The van der Waals surface area contributed by atoms with Gasteiger partial charge in [0.2, 0.25) is 11.8 Å². The van der Waals surface area contributed by atoms with Gasteiger partial charge >= 0.3 is 5.97 Å². The van der Waals surface area contributed by atoms with Crippen LogP contribution in [-0.2, 0) is 25.7 Å². The SMILES string of the molecule is O=C(CCCCCCOc1ccc(C(=O)N/N=C/c2ccc(CN3C(=O)CC/C=C/CCC(=O)O[C@@H]4CCCC[C@H]43)cc2)c2ccccc12)NO. The summed E-state index contributed by atoms with van der Waals surface area (Å²) >= 11 is 0. The number of carbonyl (C=O) groups excluding carboxylic acids is 4. The van der Waals surface area contributed by atoms with Crippen LogP contribution in [0.5, 0.6) is 5.75 Å². The molecule has 270 valence electrons. The third kappa shape index (κ3) is 11.0. The maximum Gasteiger partial charge on any atom is 0.306 e. The molecule has 11 heteroatoms. The average molecular weight is 697 g/mol. The van der Waals surface area contributed by atoms with E-state index in [1.54, 1.807) is 23.8 Å². The number of amides is 3. The number of hydrogen-bond acceptors (Lipinski definition) is 8. The second kappa shape index (κ2) is 19.4. The molecule has 5 rings (SSSR count). The number of hydrazone groups is 1. The summed E-state index contributed by atoms with van der Waals surface area (Å²) in [5, 5.41) is 14.4. The van der Waals surface area contributed by atoms with Crippen molar-refractivity contribution in [2.75, 3.05) is 6.61 Å². The number of fused-ring (bicyclic) bond motifs is 2. The van der Waals surface area contributed by atoms with Crippen LogP contribution in [0.3, 0.4) is 0 Å². The largest absolute Gasteiger partial charge is 0.493 e. The second-order valence-electron chi connectivity index (χ2n) is 13.1. The van der Waals surface area contributed by atoms with E-state index in [1.807, 2.05) is 65.6 Å². The summed E-state index contributed by atoms with van der Waals surface area (Å²) in [6.07, 6.45) is 14.4. The first-order valence-electron chi connectivity index (χ1n) is 18.1. The van der Waals surface area contributed by atoms with E-state index in [1.165, 1.54) is 0 Å². The fourth-order valence-electron chi connectivity index (χ4n) is 6.68. The van der Waals surface area contributed by atoms with Crippen molar-refractivity contribution < 1.29 is 33.9 Å². The number of rotatable bonds is 13. The molecule has 2 atom stereocenters. The van der Waals surface area contributed by atoms with Crippen LogP contribution in [0, 0.1) is 0 Å². The van der Waals surface area contributed by atoms with Crippen LogP contribution in [-0.4, -0.2) is 58.8 Å². The van der Waals surface area contributed by atoms with Crippen LogP contribution in [0.25, 0.3) is 10.8 Å². The number of carbonyl (C=O) groups is 4. The Balaban J connectivity index is 1.17. The van der Waals surface area contributed by atoms with Crippen molar-refractivity contribution in [1.29, 1.82) is 0 Å². The van der Waals surface area contributed by atoms with E-state index in [0.29, 0.717) is 63.0 Å². The number of unbranched alkanes of at least 4 members (excludes halogenated alkanes) is 3. The third-order valence-corrected chi connectivity index (χ3v) is 9.40. The van der Waals surface area contributed by atoms with Crippen molar-refractivity contribution in [2.45, 2.75) is 102 Å². The zero-order chi connectivity index (χ0) is 35.8. The Labute approximate surface area is 299 Å². The quantitative estimate of drug-likeness (QED) is 0.0447. The van der Waals surface area contributed by atoms with Gasteiger partial charge in [-0.3, -0.25) is 24.4 Å². The van der Waals surface area contributed by atoms with Crippen LogP contribution < -0.4 is 15.6 Å². The summed E-state index contributed by atoms with van der Waals surface area (Å²) in [6.45, 7) is 0.932. The molecule has 1 heterocycles. The van der Waals surface area contributed by atoms with Crippen molar-refractivity contribution in [1.82, 2.24) is 15.8 Å². The number of esters is 1. The van der Waals surface area contributed by atoms with Crippen molar-refractivity contribution in [3.05, 3.63) is 89.5 Å². The van der Waals surface area contributed by atoms with E-state index in [-0.39, 0.29) is 35.8 Å². The fraction of sp³-hybridized carbons (Fsp3) is 0.425. The molecule has 3 aromatic carbocycles. The summed E-state index contributed by atoms with van der Waals surface area (Å²) in [5.74, 6) is -0.170. The molecule has 51 heavy (non-hydrogen) atoms. The molecule has 1 saturated carbocycles. The molecule has 0 spiro atoms. The van der Waals surface area contributed by atoms with Gasteiger partial charge in [-0.05, 0) is 73.6 Å². The van der Waals surface area contributed by atoms with Gasteiger partial charge in [0.1, 0.15) is 11.9 Å².